The first-order chi connectivity index (χ1) is 11.2. The average Bonchev–Trinajstić information content (AvgIpc) is 3.05. The van der Waals surface area contributed by atoms with Crippen LogP contribution in [-0.2, 0) is 9.31 Å². The molecule has 0 spiro atoms. The smallest absolute Gasteiger partial charge is 0.399 e. The standard InChI is InChI=1S/C17H24BClN2O3/c1-16(2)17(3,4)24-18(23-16)13-6-5-11(9-14(13)19)15(22)21-12-7-8-20-10-12/h5-6,9,12,20H,7-8,10H2,1-4H3,(H,21,22). The molecule has 2 heterocycles. The van der Waals surface area contributed by atoms with E-state index in [0.717, 1.165) is 25.0 Å². The van der Waals surface area contributed by atoms with Crippen molar-refractivity contribution in [3.05, 3.63) is 28.8 Å². The van der Waals surface area contributed by atoms with E-state index >= 15 is 0 Å². The highest BCUT2D eigenvalue weighted by Crippen LogP contribution is 2.37. The number of carbonyl (C=O) groups excluding carboxylic acids is 1. The number of amides is 1. The molecule has 2 aliphatic heterocycles. The predicted octanol–water partition coefficient (Wildman–Crippen LogP) is 1.73. The van der Waals surface area contributed by atoms with Crippen molar-refractivity contribution in [2.75, 3.05) is 13.1 Å². The average molecular weight is 351 g/mol. The van der Waals surface area contributed by atoms with Gasteiger partial charge < -0.3 is 19.9 Å². The summed E-state index contributed by atoms with van der Waals surface area (Å²) in [5, 5.41) is 6.72. The quantitative estimate of drug-likeness (QED) is 0.815. The van der Waals surface area contributed by atoms with E-state index in [0.29, 0.717) is 10.6 Å². The lowest BCUT2D eigenvalue weighted by Gasteiger charge is -2.32. The highest BCUT2D eigenvalue weighted by molar-refractivity contribution is 6.65. The highest BCUT2D eigenvalue weighted by Gasteiger charge is 2.52. The molecule has 1 unspecified atom stereocenters. The van der Waals surface area contributed by atoms with Crippen LogP contribution in [0.25, 0.3) is 0 Å². The number of benzene rings is 1. The fourth-order valence-corrected chi connectivity index (χ4v) is 3.15. The molecule has 1 amide bonds. The summed E-state index contributed by atoms with van der Waals surface area (Å²) in [5.41, 5.74) is 0.445. The van der Waals surface area contributed by atoms with Gasteiger partial charge in [-0.15, -0.1) is 0 Å². The lowest BCUT2D eigenvalue weighted by atomic mass is 9.78. The molecule has 0 saturated carbocycles. The van der Waals surface area contributed by atoms with E-state index in [-0.39, 0.29) is 11.9 Å². The SMILES string of the molecule is CC1(C)OB(c2ccc(C(=O)NC3CCNC3)cc2Cl)OC1(C)C. The first-order valence-electron chi connectivity index (χ1n) is 8.36. The summed E-state index contributed by atoms with van der Waals surface area (Å²) in [6, 6.07) is 5.44. The molecule has 0 bridgehead atoms. The summed E-state index contributed by atoms with van der Waals surface area (Å²) in [6.07, 6.45) is 0.950. The third kappa shape index (κ3) is 3.33. The number of hydrogen-bond acceptors (Lipinski definition) is 4. The van der Waals surface area contributed by atoms with E-state index in [2.05, 4.69) is 10.6 Å². The maximum atomic E-state index is 12.3. The Labute approximate surface area is 148 Å². The van der Waals surface area contributed by atoms with Crippen molar-refractivity contribution < 1.29 is 14.1 Å². The van der Waals surface area contributed by atoms with Gasteiger partial charge in [-0.25, -0.2) is 0 Å². The van der Waals surface area contributed by atoms with Gasteiger partial charge in [-0.05, 0) is 52.8 Å². The molecule has 2 N–H and O–H groups in total. The largest absolute Gasteiger partial charge is 0.496 e. The second-order valence-electron chi connectivity index (χ2n) is 7.49. The zero-order valence-electron chi connectivity index (χ0n) is 14.6. The Hall–Kier alpha value is -1.08. The molecule has 1 aromatic rings. The molecule has 0 radical (unpaired) electrons. The van der Waals surface area contributed by atoms with Crippen molar-refractivity contribution in [2.24, 2.45) is 0 Å². The number of hydrogen-bond donors (Lipinski definition) is 2. The Bertz CT molecular complexity index is 629. The van der Waals surface area contributed by atoms with Gasteiger partial charge in [-0.2, -0.15) is 0 Å². The van der Waals surface area contributed by atoms with E-state index < -0.39 is 18.3 Å². The maximum Gasteiger partial charge on any atom is 0.496 e. The van der Waals surface area contributed by atoms with Gasteiger partial charge >= 0.3 is 7.12 Å². The highest BCUT2D eigenvalue weighted by atomic mass is 35.5. The van der Waals surface area contributed by atoms with Crippen molar-refractivity contribution in [3.63, 3.8) is 0 Å². The molecule has 130 valence electrons. The molecule has 3 rings (SSSR count). The molecule has 2 fully saturated rings. The first-order valence-corrected chi connectivity index (χ1v) is 8.74. The monoisotopic (exact) mass is 350 g/mol. The van der Waals surface area contributed by atoms with Gasteiger partial charge in [0.25, 0.3) is 5.91 Å². The van der Waals surface area contributed by atoms with Gasteiger partial charge in [-0.1, -0.05) is 17.7 Å². The Balaban J connectivity index is 1.74. The summed E-state index contributed by atoms with van der Waals surface area (Å²) in [6.45, 7) is 9.74. The number of rotatable bonds is 3. The summed E-state index contributed by atoms with van der Waals surface area (Å²) < 4.78 is 12.0. The third-order valence-electron chi connectivity index (χ3n) is 5.17. The van der Waals surface area contributed by atoms with Gasteiger partial charge in [-0.3, -0.25) is 4.79 Å². The van der Waals surface area contributed by atoms with Gasteiger partial charge in [0.05, 0.1) is 11.2 Å². The van der Waals surface area contributed by atoms with Crippen molar-refractivity contribution >= 4 is 30.1 Å². The Morgan fingerprint density at radius 3 is 2.50 bits per heavy atom. The topological polar surface area (TPSA) is 59.6 Å². The van der Waals surface area contributed by atoms with Gasteiger partial charge in [0.1, 0.15) is 0 Å². The minimum absolute atomic E-state index is 0.105. The van der Waals surface area contributed by atoms with Crippen LogP contribution in [0.1, 0.15) is 44.5 Å². The molecule has 0 aromatic heterocycles. The normalized spacial score (nSPS) is 25.0. The second-order valence-corrected chi connectivity index (χ2v) is 7.89. The van der Waals surface area contributed by atoms with Gasteiger partial charge in [0.15, 0.2) is 0 Å². The molecule has 24 heavy (non-hydrogen) atoms. The fraction of sp³-hybridized carbons (Fsp3) is 0.588. The Kier molecular flexibility index (Phi) is 4.68. The zero-order chi connectivity index (χ0) is 17.5. The van der Waals surface area contributed by atoms with Crippen LogP contribution in [0.4, 0.5) is 0 Å². The molecule has 2 aliphatic rings. The van der Waals surface area contributed by atoms with Crippen LogP contribution in [0, 0.1) is 0 Å². The number of nitrogens with one attached hydrogen (secondary N) is 2. The molecular weight excluding hydrogens is 326 g/mol. The zero-order valence-corrected chi connectivity index (χ0v) is 15.4. The van der Waals surface area contributed by atoms with E-state index in [1.165, 1.54) is 0 Å². The lowest BCUT2D eigenvalue weighted by Crippen LogP contribution is -2.41. The van der Waals surface area contributed by atoms with Crippen LogP contribution >= 0.6 is 11.6 Å². The predicted molar refractivity (Wildman–Crippen MR) is 95.9 cm³/mol. The van der Waals surface area contributed by atoms with Crippen molar-refractivity contribution in [1.82, 2.24) is 10.6 Å². The van der Waals surface area contributed by atoms with Crippen LogP contribution in [0.15, 0.2) is 18.2 Å². The molecule has 1 aromatic carbocycles. The van der Waals surface area contributed by atoms with Crippen molar-refractivity contribution in [1.29, 1.82) is 0 Å². The Morgan fingerprint density at radius 2 is 1.96 bits per heavy atom. The van der Waals surface area contributed by atoms with Crippen LogP contribution in [0.2, 0.25) is 5.02 Å². The maximum absolute atomic E-state index is 12.3. The van der Waals surface area contributed by atoms with Crippen LogP contribution in [0.5, 0.6) is 0 Å². The molecule has 5 nitrogen and oxygen atoms in total. The molecule has 0 aliphatic carbocycles. The Morgan fingerprint density at radius 1 is 1.29 bits per heavy atom. The molecular formula is C17H24BClN2O3. The second kappa shape index (κ2) is 6.34. The van der Waals surface area contributed by atoms with E-state index in [9.17, 15) is 4.79 Å². The van der Waals surface area contributed by atoms with Crippen LogP contribution in [0.3, 0.4) is 0 Å². The van der Waals surface area contributed by atoms with E-state index in [1.54, 1.807) is 12.1 Å². The molecule has 2 saturated heterocycles. The van der Waals surface area contributed by atoms with Crippen molar-refractivity contribution in [3.8, 4) is 0 Å². The first kappa shape index (κ1) is 17.7. The van der Waals surface area contributed by atoms with E-state index in [1.807, 2.05) is 33.8 Å². The van der Waals surface area contributed by atoms with Gasteiger partial charge in [0.2, 0.25) is 0 Å². The van der Waals surface area contributed by atoms with Crippen LogP contribution in [-0.4, -0.2) is 43.4 Å². The van der Waals surface area contributed by atoms with E-state index in [4.69, 9.17) is 20.9 Å². The fourth-order valence-electron chi connectivity index (χ4n) is 2.88. The minimum atomic E-state index is -0.529. The minimum Gasteiger partial charge on any atom is -0.399 e. The summed E-state index contributed by atoms with van der Waals surface area (Å²) >= 11 is 6.40. The van der Waals surface area contributed by atoms with Gasteiger partial charge in [0, 0.05) is 28.6 Å². The molecule has 1 atom stereocenters. The number of halogens is 1. The molecule has 7 heteroatoms. The summed E-state index contributed by atoms with van der Waals surface area (Å²) in [4.78, 5) is 12.3. The summed E-state index contributed by atoms with van der Waals surface area (Å²) in [5.74, 6) is -0.105. The van der Waals surface area contributed by atoms with Crippen molar-refractivity contribution in [2.45, 2.75) is 51.4 Å². The third-order valence-corrected chi connectivity index (χ3v) is 5.49. The van der Waals surface area contributed by atoms with Crippen LogP contribution < -0.4 is 16.1 Å². The number of carbonyl (C=O) groups is 1. The lowest BCUT2D eigenvalue weighted by molar-refractivity contribution is 0.00578. The summed E-state index contributed by atoms with van der Waals surface area (Å²) in [7, 11) is -0.529.